The van der Waals surface area contributed by atoms with Gasteiger partial charge in [0.15, 0.2) is 5.58 Å². The molecule has 1 fully saturated rings. The molecule has 0 saturated heterocycles. The molecule has 66 heavy (non-hydrogen) atoms. The van der Waals surface area contributed by atoms with Crippen LogP contribution in [0.1, 0.15) is 43.6 Å². The summed E-state index contributed by atoms with van der Waals surface area (Å²) < 4.78 is 7.28. The van der Waals surface area contributed by atoms with Crippen LogP contribution in [0.4, 0.5) is 17.1 Å². The van der Waals surface area contributed by atoms with Crippen molar-refractivity contribution in [2.45, 2.75) is 38.0 Å². The minimum atomic E-state index is 0.519. The van der Waals surface area contributed by atoms with Gasteiger partial charge in [0.05, 0.1) is 5.69 Å². The van der Waals surface area contributed by atoms with Gasteiger partial charge in [0.25, 0.3) is 0 Å². The molecule has 2 nitrogen and oxygen atoms in total. The van der Waals surface area contributed by atoms with Crippen molar-refractivity contribution in [2.24, 2.45) is 0 Å². The number of fused-ring (bicyclic) bond motifs is 8. The van der Waals surface area contributed by atoms with E-state index in [9.17, 15) is 0 Å². The summed E-state index contributed by atoms with van der Waals surface area (Å²) in [6, 6.07) is 80.5. The Morgan fingerprint density at radius 2 is 0.773 bits per heavy atom. The van der Waals surface area contributed by atoms with Crippen LogP contribution >= 0.6 is 0 Å². The number of benzene rings is 11. The highest BCUT2D eigenvalue weighted by atomic mass is 16.3. The third-order valence-electron chi connectivity index (χ3n) is 14.4. The molecule has 0 amide bonds. The first kappa shape index (κ1) is 38.5. The number of para-hydroxylation sites is 1. The summed E-state index contributed by atoms with van der Waals surface area (Å²) in [5.41, 5.74) is 13.7. The summed E-state index contributed by atoms with van der Waals surface area (Å²) in [4.78, 5) is 2.40. The summed E-state index contributed by atoms with van der Waals surface area (Å²) in [5, 5.41) is 12.3. The third kappa shape index (κ3) is 6.72. The fourth-order valence-corrected chi connectivity index (χ4v) is 10.9. The molecule has 0 bridgehead atoms. The first-order chi connectivity index (χ1) is 32.7. The van der Waals surface area contributed by atoms with Gasteiger partial charge in [0.1, 0.15) is 5.58 Å². The monoisotopic (exact) mass is 845 g/mol. The molecule has 1 aliphatic rings. The molecule has 0 unspecified atom stereocenters. The van der Waals surface area contributed by atoms with Gasteiger partial charge in [0, 0.05) is 22.1 Å². The molecule has 2 heteroatoms. The van der Waals surface area contributed by atoms with Crippen LogP contribution in [0.25, 0.3) is 98.4 Å². The normalized spacial score (nSPS) is 13.4. The Hall–Kier alpha value is -7.94. The SMILES string of the molecule is c1ccc2cc(-c3ccc(N(c4ccc(-c5ccc6cc(-c7ccc8ccccc8c7)ccc6c5)cc4)c4cc5ccccc5c5c4oc4c(C6CCCCC6)cccc45)cc3)ccc2c1. The molecule has 13 rings (SSSR count). The average molecular weight is 846 g/mol. The van der Waals surface area contributed by atoms with Gasteiger partial charge in [-0.2, -0.15) is 0 Å². The molecule has 0 spiro atoms. The van der Waals surface area contributed by atoms with E-state index in [1.54, 1.807) is 0 Å². The molecule has 0 atom stereocenters. The van der Waals surface area contributed by atoms with E-state index in [1.807, 2.05) is 0 Å². The fraction of sp³-hybridized carbons (Fsp3) is 0.0938. The van der Waals surface area contributed by atoms with Crippen LogP contribution in [-0.2, 0) is 0 Å². The predicted molar refractivity (Wildman–Crippen MR) is 281 cm³/mol. The van der Waals surface area contributed by atoms with Crippen LogP contribution in [0.5, 0.6) is 0 Å². The first-order valence-electron chi connectivity index (χ1n) is 23.6. The van der Waals surface area contributed by atoms with E-state index < -0.39 is 0 Å². The minimum Gasteiger partial charge on any atom is -0.454 e. The lowest BCUT2D eigenvalue weighted by Gasteiger charge is -2.26. The highest BCUT2D eigenvalue weighted by Gasteiger charge is 2.25. The number of rotatable bonds is 7. The zero-order chi connectivity index (χ0) is 43.6. The molecule has 1 saturated carbocycles. The second-order valence-electron chi connectivity index (χ2n) is 18.3. The molecule has 12 aromatic rings. The average Bonchev–Trinajstić information content (AvgIpc) is 3.79. The standard InChI is InChI=1S/C64H47NO/c1-2-13-46(14-3-1)59-19-10-20-60-62-58-18-9-8-17-55(58)41-61(64(62)66-63(59)60)65(56-33-29-44(30-34-56)49-23-21-42-11-4-6-15-47(42)37-49)57-35-31-45(32-36-57)50-25-26-53-40-54(28-27-52(53)39-50)51-24-22-43-12-5-7-16-48(43)38-51/h4-12,15-41,46H,1-3,13-14H2. The van der Waals surface area contributed by atoms with Crippen molar-refractivity contribution >= 4 is 82.1 Å². The third-order valence-corrected chi connectivity index (χ3v) is 14.4. The van der Waals surface area contributed by atoms with Gasteiger partial charge in [0.2, 0.25) is 0 Å². The molecule has 314 valence electrons. The Bertz CT molecular complexity index is 3800. The van der Waals surface area contributed by atoms with Crippen molar-refractivity contribution in [3.05, 3.63) is 224 Å². The highest BCUT2D eigenvalue weighted by Crippen LogP contribution is 2.48. The van der Waals surface area contributed by atoms with Gasteiger partial charge >= 0.3 is 0 Å². The molecule has 11 aromatic carbocycles. The highest BCUT2D eigenvalue weighted by molar-refractivity contribution is 6.23. The van der Waals surface area contributed by atoms with E-state index in [4.69, 9.17) is 4.42 Å². The summed E-state index contributed by atoms with van der Waals surface area (Å²) in [6.07, 6.45) is 6.31. The maximum atomic E-state index is 7.28. The van der Waals surface area contributed by atoms with E-state index in [0.717, 1.165) is 28.2 Å². The molecule has 0 N–H and O–H groups in total. The van der Waals surface area contributed by atoms with Crippen LogP contribution in [0.15, 0.2) is 223 Å². The molecule has 1 heterocycles. The van der Waals surface area contributed by atoms with Crippen molar-refractivity contribution in [1.29, 1.82) is 0 Å². The largest absolute Gasteiger partial charge is 0.454 e. The second-order valence-corrected chi connectivity index (χ2v) is 18.3. The van der Waals surface area contributed by atoms with Crippen LogP contribution in [0.2, 0.25) is 0 Å². The Morgan fingerprint density at radius 3 is 1.33 bits per heavy atom. The number of furan rings is 1. The van der Waals surface area contributed by atoms with E-state index in [0.29, 0.717) is 5.92 Å². The first-order valence-corrected chi connectivity index (χ1v) is 23.6. The Labute approximate surface area is 385 Å². The van der Waals surface area contributed by atoms with E-state index in [2.05, 4.69) is 223 Å². The lowest BCUT2D eigenvalue weighted by molar-refractivity contribution is 0.442. The molecule has 1 aromatic heterocycles. The van der Waals surface area contributed by atoms with Gasteiger partial charge in [-0.25, -0.2) is 0 Å². The van der Waals surface area contributed by atoms with Gasteiger partial charge in [-0.15, -0.1) is 0 Å². The number of hydrogen-bond acceptors (Lipinski definition) is 2. The van der Waals surface area contributed by atoms with Crippen molar-refractivity contribution < 1.29 is 4.42 Å². The quantitative estimate of drug-likeness (QED) is 0.159. The second kappa shape index (κ2) is 15.9. The lowest BCUT2D eigenvalue weighted by atomic mass is 9.83. The van der Waals surface area contributed by atoms with Crippen molar-refractivity contribution in [1.82, 2.24) is 0 Å². The van der Waals surface area contributed by atoms with Crippen molar-refractivity contribution in [3.63, 3.8) is 0 Å². The van der Waals surface area contributed by atoms with Crippen LogP contribution in [0, 0.1) is 0 Å². The summed E-state index contributed by atoms with van der Waals surface area (Å²) in [6.45, 7) is 0. The van der Waals surface area contributed by atoms with Gasteiger partial charge in [-0.1, -0.05) is 183 Å². The zero-order valence-corrected chi connectivity index (χ0v) is 36.8. The maximum absolute atomic E-state index is 7.28. The van der Waals surface area contributed by atoms with E-state index in [1.165, 1.54) is 125 Å². The van der Waals surface area contributed by atoms with Crippen LogP contribution < -0.4 is 4.90 Å². The van der Waals surface area contributed by atoms with E-state index in [-0.39, 0.29) is 0 Å². The topological polar surface area (TPSA) is 16.4 Å². The zero-order valence-electron chi connectivity index (χ0n) is 36.8. The van der Waals surface area contributed by atoms with E-state index >= 15 is 0 Å². The van der Waals surface area contributed by atoms with Crippen molar-refractivity contribution in [2.75, 3.05) is 4.90 Å². The number of nitrogens with zero attached hydrogens (tertiary/aromatic N) is 1. The van der Waals surface area contributed by atoms with Gasteiger partial charge in [-0.05, 0) is 155 Å². The smallest absolute Gasteiger partial charge is 0.160 e. The van der Waals surface area contributed by atoms with Gasteiger partial charge in [-0.3, -0.25) is 0 Å². The maximum Gasteiger partial charge on any atom is 0.160 e. The minimum absolute atomic E-state index is 0.519. The molecule has 1 aliphatic carbocycles. The van der Waals surface area contributed by atoms with Crippen molar-refractivity contribution in [3.8, 4) is 33.4 Å². The molecular formula is C64H47NO. The number of anilines is 3. The molecular weight excluding hydrogens is 799 g/mol. The predicted octanol–water partition coefficient (Wildman–Crippen LogP) is 18.7. The van der Waals surface area contributed by atoms with Crippen LogP contribution in [0.3, 0.4) is 0 Å². The fourth-order valence-electron chi connectivity index (χ4n) is 10.9. The molecule has 0 radical (unpaired) electrons. The summed E-state index contributed by atoms with van der Waals surface area (Å²) >= 11 is 0. The molecule has 0 aliphatic heterocycles. The van der Waals surface area contributed by atoms with Gasteiger partial charge < -0.3 is 9.32 Å². The number of hydrogen-bond donors (Lipinski definition) is 0. The lowest BCUT2D eigenvalue weighted by Crippen LogP contribution is -2.10. The summed E-state index contributed by atoms with van der Waals surface area (Å²) in [7, 11) is 0. The summed E-state index contributed by atoms with van der Waals surface area (Å²) in [5.74, 6) is 0.519. The van der Waals surface area contributed by atoms with Crippen LogP contribution in [-0.4, -0.2) is 0 Å². The Kier molecular flexibility index (Phi) is 9.30. The Balaban J connectivity index is 0.929. The Morgan fingerprint density at radius 1 is 0.333 bits per heavy atom.